The number of aromatic amines is 1. The highest BCUT2D eigenvalue weighted by atomic mass is 19.1. The summed E-state index contributed by atoms with van der Waals surface area (Å²) in [6, 6.07) is 9.33. The summed E-state index contributed by atoms with van der Waals surface area (Å²) in [4.78, 5) is 18.0. The van der Waals surface area contributed by atoms with Crippen molar-refractivity contribution >= 4 is 5.91 Å². The second-order valence-electron chi connectivity index (χ2n) is 8.50. The Morgan fingerprint density at radius 3 is 2.68 bits per heavy atom. The van der Waals surface area contributed by atoms with Crippen LogP contribution in [0.4, 0.5) is 4.39 Å². The molecule has 6 heteroatoms. The molecule has 4 aliphatic heterocycles. The van der Waals surface area contributed by atoms with Gasteiger partial charge in [-0.2, -0.15) is 5.10 Å². The molecule has 1 aromatic carbocycles. The maximum absolute atomic E-state index is 13.5. The molecule has 5 heterocycles. The molecule has 0 spiro atoms. The third kappa shape index (κ3) is 2.85. The molecular weight excluding hydrogens is 355 g/mol. The van der Waals surface area contributed by atoms with E-state index >= 15 is 0 Å². The van der Waals surface area contributed by atoms with Crippen LogP contribution in [0, 0.1) is 11.7 Å². The molecule has 1 amide bonds. The molecule has 6 rings (SSSR count). The van der Waals surface area contributed by atoms with Crippen molar-refractivity contribution < 1.29 is 9.18 Å². The van der Waals surface area contributed by atoms with Crippen molar-refractivity contribution in [3.63, 3.8) is 0 Å². The molecule has 4 aliphatic rings. The second-order valence-corrected chi connectivity index (χ2v) is 8.50. The molecule has 0 unspecified atom stereocenters. The molecule has 28 heavy (non-hydrogen) atoms. The van der Waals surface area contributed by atoms with E-state index in [1.807, 2.05) is 18.2 Å². The molecular formula is C22H27FN4O. The van der Waals surface area contributed by atoms with Crippen molar-refractivity contribution in [2.45, 2.75) is 50.6 Å². The first-order valence-electron chi connectivity index (χ1n) is 10.5. The van der Waals surface area contributed by atoms with Gasteiger partial charge in [-0.1, -0.05) is 25.5 Å². The summed E-state index contributed by atoms with van der Waals surface area (Å²) in [5.74, 6) is 0.605. The zero-order valence-corrected chi connectivity index (χ0v) is 16.3. The van der Waals surface area contributed by atoms with E-state index in [0.29, 0.717) is 24.2 Å². The summed E-state index contributed by atoms with van der Waals surface area (Å²) in [5, 5.41) is 7.33. The van der Waals surface area contributed by atoms with Crippen LogP contribution in [-0.2, 0) is 6.42 Å². The zero-order chi connectivity index (χ0) is 19.3. The topological polar surface area (TPSA) is 52.2 Å². The van der Waals surface area contributed by atoms with Crippen LogP contribution in [0.2, 0.25) is 0 Å². The van der Waals surface area contributed by atoms with E-state index in [1.165, 1.54) is 12.1 Å². The van der Waals surface area contributed by atoms with Crippen molar-refractivity contribution in [3.05, 3.63) is 53.1 Å². The number of aromatic nitrogens is 2. The van der Waals surface area contributed by atoms with Crippen LogP contribution < -0.4 is 0 Å². The molecule has 2 bridgehead atoms. The highest BCUT2D eigenvalue weighted by Crippen LogP contribution is 2.46. The smallest absolute Gasteiger partial charge is 0.274 e. The van der Waals surface area contributed by atoms with Gasteiger partial charge in [0.05, 0.1) is 6.04 Å². The summed E-state index contributed by atoms with van der Waals surface area (Å²) in [6.45, 7) is 5.01. The highest BCUT2D eigenvalue weighted by Gasteiger charge is 2.54. The average molecular weight is 382 g/mol. The van der Waals surface area contributed by atoms with Gasteiger partial charge in [-0.25, -0.2) is 4.39 Å². The largest absolute Gasteiger partial charge is 0.332 e. The number of carbonyl (C=O) groups is 1. The summed E-state index contributed by atoms with van der Waals surface area (Å²) < 4.78 is 13.5. The minimum absolute atomic E-state index is 0.0342. The fourth-order valence-corrected chi connectivity index (χ4v) is 5.67. The molecule has 2 aromatic rings. The van der Waals surface area contributed by atoms with Crippen LogP contribution in [0.1, 0.15) is 53.8 Å². The van der Waals surface area contributed by atoms with Crippen molar-refractivity contribution in [1.82, 2.24) is 20.0 Å². The second kappa shape index (κ2) is 6.99. The number of hydrogen-bond donors (Lipinski definition) is 1. The van der Waals surface area contributed by atoms with Crippen LogP contribution in [0.25, 0.3) is 0 Å². The monoisotopic (exact) mass is 382 g/mol. The number of rotatable bonds is 4. The van der Waals surface area contributed by atoms with E-state index in [4.69, 9.17) is 0 Å². The molecule has 0 saturated carbocycles. The van der Waals surface area contributed by atoms with Gasteiger partial charge in [0.15, 0.2) is 0 Å². The van der Waals surface area contributed by atoms with E-state index < -0.39 is 0 Å². The van der Waals surface area contributed by atoms with Gasteiger partial charge >= 0.3 is 0 Å². The third-order valence-corrected chi connectivity index (χ3v) is 6.92. The Balaban J connectivity index is 1.47. The molecule has 0 aliphatic carbocycles. The Labute approximate surface area is 164 Å². The van der Waals surface area contributed by atoms with E-state index in [1.54, 1.807) is 0 Å². The number of nitrogens with one attached hydrogen (secondary N) is 1. The first-order valence-corrected chi connectivity index (χ1v) is 10.5. The maximum Gasteiger partial charge on any atom is 0.274 e. The Kier molecular flexibility index (Phi) is 4.46. The van der Waals surface area contributed by atoms with Crippen molar-refractivity contribution in [2.24, 2.45) is 5.92 Å². The lowest BCUT2D eigenvalue weighted by atomic mass is 9.75. The number of amides is 1. The van der Waals surface area contributed by atoms with Crippen molar-refractivity contribution in [3.8, 4) is 0 Å². The van der Waals surface area contributed by atoms with Crippen molar-refractivity contribution in [2.75, 3.05) is 19.6 Å². The van der Waals surface area contributed by atoms with Gasteiger partial charge in [-0.3, -0.25) is 14.8 Å². The maximum atomic E-state index is 13.5. The summed E-state index contributed by atoms with van der Waals surface area (Å²) >= 11 is 0. The zero-order valence-electron chi connectivity index (χ0n) is 16.3. The van der Waals surface area contributed by atoms with Crippen LogP contribution in [-0.4, -0.2) is 57.6 Å². The van der Waals surface area contributed by atoms with E-state index in [9.17, 15) is 9.18 Å². The minimum Gasteiger partial charge on any atom is -0.332 e. The quantitative estimate of drug-likeness (QED) is 0.884. The number of fused-ring (bicyclic) bond motifs is 2. The van der Waals surface area contributed by atoms with Gasteiger partial charge in [-0.15, -0.1) is 0 Å². The first-order chi connectivity index (χ1) is 13.7. The fourth-order valence-electron chi connectivity index (χ4n) is 5.67. The Bertz CT molecular complexity index is 856. The lowest BCUT2D eigenvalue weighted by Gasteiger charge is -2.51. The Hall–Kier alpha value is -2.21. The number of nitrogens with zero attached hydrogens (tertiary/aromatic N) is 3. The van der Waals surface area contributed by atoms with E-state index in [-0.39, 0.29) is 23.7 Å². The number of aryl methyl sites for hydroxylation is 1. The molecule has 1 N–H and O–H groups in total. The number of piperidine rings is 3. The van der Waals surface area contributed by atoms with Gasteiger partial charge in [0.1, 0.15) is 11.5 Å². The number of hydrogen-bond acceptors (Lipinski definition) is 3. The molecule has 0 radical (unpaired) electrons. The number of benzene rings is 1. The molecule has 5 nitrogen and oxygen atoms in total. The van der Waals surface area contributed by atoms with Crippen molar-refractivity contribution in [1.29, 1.82) is 0 Å². The highest BCUT2D eigenvalue weighted by molar-refractivity contribution is 5.93. The summed E-state index contributed by atoms with van der Waals surface area (Å²) in [5.41, 5.74) is 2.68. The van der Waals surface area contributed by atoms with E-state index in [2.05, 4.69) is 26.9 Å². The predicted octanol–water partition coefficient (Wildman–Crippen LogP) is 3.20. The molecule has 4 fully saturated rings. The van der Waals surface area contributed by atoms with Crippen LogP contribution in [0.3, 0.4) is 0 Å². The Morgan fingerprint density at radius 1 is 1.21 bits per heavy atom. The number of halogens is 1. The molecule has 3 atom stereocenters. The Morgan fingerprint density at radius 2 is 1.96 bits per heavy atom. The van der Waals surface area contributed by atoms with Crippen LogP contribution in [0.5, 0.6) is 0 Å². The van der Waals surface area contributed by atoms with Gasteiger partial charge < -0.3 is 4.90 Å². The van der Waals surface area contributed by atoms with Gasteiger partial charge in [0, 0.05) is 24.2 Å². The van der Waals surface area contributed by atoms with Crippen LogP contribution in [0.15, 0.2) is 30.3 Å². The molecule has 148 valence electrons. The summed E-state index contributed by atoms with van der Waals surface area (Å²) in [7, 11) is 0. The predicted molar refractivity (Wildman–Crippen MR) is 105 cm³/mol. The summed E-state index contributed by atoms with van der Waals surface area (Å²) in [6.07, 6.45) is 4.24. The fraction of sp³-hybridized carbons (Fsp3) is 0.545. The van der Waals surface area contributed by atoms with E-state index in [0.717, 1.165) is 50.0 Å². The van der Waals surface area contributed by atoms with Gasteiger partial charge in [-0.05, 0) is 62.0 Å². The standard InChI is InChI=1S/C22H27FN4O/c1-2-3-17-12-19(25-24-17)22(28)27-13-18(14-4-6-16(23)7-5-14)21-20(27)15-8-10-26(21)11-9-15/h4-7,12,15,18,20-21H,2-3,8-11,13H2,1H3,(H,24,25)/t18-,20+,21+/m0/s1. The van der Waals surface area contributed by atoms with Crippen LogP contribution >= 0.6 is 0 Å². The molecule has 4 saturated heterocycles. The minimum atomic E-state index is -0.211. The number of likely N-dealkylation sites (tertiary alicyclic amines) is 1. The van der Waals surface area contributed by atoms with Gasteiger partial charge in [0.2, 0.25) is 0 Å². The number of H-pyrrole nitrogens is 1. The lowest BCUT2D eigenvalue weighted by Crippen LogP contribution is -2.60. The van der Waals surface area contributed by atoms with Gasteiger partial charge in [0.25, 0.3) is 5.91 Å². The molecule has 1 aromatic heterocycles. The number of carbonyl (C=O) groups excluding carboxylic acids is 1. The lowest BCUT2D eigenvalue weighted by molar-refractivity contribution is -0.00358. The average Bonchev–Trinajstić information content (AvgIpc) is 3.36. The first kappa shape index (κ1) is 17.9. The SMILES string of the molecule is CCCc1cc(C(=O)N2C[C@@H](c3ccc(F)cc3)[C@@H]3[C@H]2C2CCN3CC2)n[nH]1. The third-order valence-electron chi connectivity index (χ3n) is 6.92. The normalized spacial score (nSPS) is 31.2.